The number of ether oxygens (including phenoxy) is 1. The lowest BCUT2D eigenvalue weighted by Gasteiger charge is -2.32. The van der Waals surface area contributed by atoms with E-state index in [1.54, 1.807) is 11.8 Å². The molecular formula is C19H27ClN2O3S. The van der Waals surface area contributed by atoms with E-state index in [1.165, 1.54) is 0 Å². The van der Waals surface area contributed by atoms with Gasteiger partial charge in [-0.3, -0.25) is 4.79 Å². The van der Waals surface area contributed by atoms with Crippen LogP contribution in [0.1, 0.15) is 39.2 Å². The Morgan fingerprint density at radius 3 is 2.62 bits per heavy atom. The highest BCUT2D eigenvalue weighted by molar-refractivity contribution is 7.99. The van der Waals surface area contributed by atoms with Crippen LogP contribution in [-0.4, -0.2) is 47.4 Å². The number of benzene rings is 1. The van der Waals surface area contributed by atoms with Gasteiger partial charge >= 0.3 is 6.09 Å². The summed E-state index contributed by atoms with van der Waals surface area (Å²) in [5.41, 5.74) is 0.622. The van der Waals surface area contributed by atoms with Crippen molar-refractivity contribution in [3.8, 4) is 0 Å². The largest absolute Gasteiger partial charge is 0.444 e. The van der Waals surface area contributed by atoms with E-state index in [1.807, 2.05) is 49.9 Å². The van der Waals surface area contributed by atoms with Gasteiger partial charge < -0.3 is 15.0 Å². The van der Waals surface area contributed by atoms with E-state index in [9.17, 15) is 9.59 Å². The van der Waals surface area contributed by atoms with Gasteiger partial charge in [-0.05, 0) is 51.3 Å². The van der Waals surface area contributed by atoms with Crippen molar-refractivity contribution < 1.29 is 14.3 Å². The minimum Gasteiger partial charge on any atom is -0.444 e. The maximum atomic E-state index is 12.3. The summed E-state index contributed by atoms with van der Waals surface area (Å²) in [4.78, 5) is 26.0. The predicted molar refractivity (Wildman–Crippen MR) is 107 cm³/mol. The van der Waals surface area contributed by atoms with Gasteiger partial charge in [0.1, 0.15) is 5.60 Å². The number of rotatable bonds is 5. The van der Waals surface area contributed by atoms with Gasteiger partial charge in [-0.2, -0.15) is 0 Å². The van der Waals surface area contributed by atoms with Crippen LogP contribution < -0.4 is 5.32 Å². The Kier molecular flexibility index (Phi) is 7.65. The third-order valence-corrected chi connectivity index (χ3v) is 5.18. The number of amides is 2. The molecule has 1 aromatic carbocycles. The van der Waals surface area contributed by atoms with Crippen LogP contribution >= 0.6 is 23.4 Å². The lowest BCUT2D eigenvalue weighted by molar-refractivity contribution is -0.129. The molecule has 1 N–H and O–H groups in total. The molecule has 2 rings (SSSR count). The van der Waals surface area contributed by atoms with Gasteiger partial charge in [0.05, 0.1) is 5.75 Å². The highest BCUT2D eigenvalue weighted by Crippen LogP contribution is 2.18. The van der Waals surface area contributed by atoms with Gasteiger partial charge in [-0.15, -0.1) is 11.8 Å². The highest BCUT2D eigenvalue weighted by atomic mass is 35.5. The maximum Gasteiger partial charge on any atom is 0.407 e. The average molecular weight is 399 g/mol. The number of likely N-dealkylation sites (tertiary alicyclic amines) is 1. The molecule has 0 atom stereocenters. The summed E-state index contributed by atoms with van der Waals surface area (Å²) in [6.07, 6.45) is 1.12. The Hall–Kier alpha value is -1.40. The summed E-state index contributed by atoms with van der Waals surface area (Å²) in [6, 6.07) is 7.76. The first-order valence-corrected chi connectivity index (χ1v) is 10.4. The van der Waals surface area contributed by atoms with Gasteiger partial charge in [0.15, 0.2) is 0 Å². The Balaban J connectivity index is 1.67. The van der Waals surface area contributed by atoms with E-state index in [2.05, 4.69) is 5.32 Å². The van der Waals surface area contributed by atoms with Crippen LogP contribution in [0.5, 0.6) is 0 Å². The molecular weight excluding hydrogens is 372 g/mol. The average Bonchev–Trinajstić information content (AvgIpc) is 2.53. The second kappa shape index (κ2) is 9.51. The summed E-state index contributed by atoms with van der Waals surface area (Å²) in [6.45, 7) is 6.85. The first kappa shape index (κ1) is 20.9. The van der Waals surface area contributed by atoms with Crippen molar-refractivity contribution in [3.05, 3.63) is 34.9 Å². The topological polar surface area (TPSA) is 58.6 Å². The van der Waals surface area contributed by atoms with Crippen LogP contribution in [0.2, 0.25) is 5.02 Å². The number of alkyl carbamates (subject to hydrolysis) is 1. The van der Waals surface area contributed by atoms with E-state index in [-0.39, 0.29) is 18.0 Å². The zero-order valence-corrected chi connectivity index (χ0v) is 17.2. The van der Waals surface area contributed by atoms with E-state index in [0.29, 0.717) is 23.9 Å². The second-order valence-corrected chi connectivity index (χ2v) is 8.85. The van der Waals surface area contributed by atoms with Crippen molar-refractivity contribution >= 4 is 35.4 Å². The standard InChI is InChI=1S/C19H27ClN2O3S/c1-19(2,3)25-18(24)21-16-7-9-22(10-8-16)17(23)13-26-12-14-5-4-6-15(20)11-14/h4-6,11,16H,7-10,12-13H2,1-3H3,(H,21,24). The Morgan fingerprint density at radius 1 is 1.31 bits per heavy atom. The lowest BCUT2D eigenvalue weighted by atomic mass is 10.1. The normalized spacial score (nSPS) is 15.6. The van der Waals surface area contributed by atoms with Crippen LogP contribution in [0, 0.1) is 0 Å². The number of thioether (sulfide) groups is 1. The number of nitrogens with zero attached hydrogens (tertiary/aromatic N) is 1. The molecule has 1 aliphatic heterocycles. The highest BCUT2D eigenvalue weighted by Gasteiger charge is 2.25. The van der Waals surface area contributed by atoms with E-state index < -0.39 is 5.60 Å². The molecule has 0 spiro atoms. The monoisotopic (exact) mass is 398 g/mol. The molecule has 0 unspecified atom stereocenters. The Bertz CT molecular complexity index is 625. The number of carbonyl (C=O) groups excluding carboxylic acids is 2. The quantitative estimate of drug-likeness (QED) is 0.811. The zero-order chi connectivity index (χ0) is 19.2. The summed E-state index contributed by atoms with van der Waals surface area (Å²) >= 11 is 7.56. The van der Waals surface area contributed by atoms with Crippen LogP contribution in [0.4, 0.5) is 4.79 Å². The zero-order valence-electron chi connectivity index (χ0n) is 15.6. The molecule has 144 valence electrons. The lowest BCUT2D eigenvalue weighted by Crippen LogP contribution is -2.48. The Morgan fingerprint density at radius 2 is 2.00 bits per heavy atom. The van der Waals surface area contributed by atoms with Gasteiger partial charge in [-0.1, -0.05) is 23.7 Å². The van der Waals surface area contributed by atoms with Crippen molar-refractivity contribution in [1.29, 1.82) is 0 Å². The fourth-order valence-electron chi connectivity index (χ4n) is 2.72. The summed E-state index contributed by atoms with van der Waals surface area (Å²) in [5.74, 6) is 1.37. The number of piperidine rings is 1. The predicted octanol–water partition coefficient (Wildman–Crippen LogP) is 4.09. The third kappa shape index (κ3) is 7.46. The number of hydrogen-bond donors (Lipinski definition) is 1. The van der Waals surface area contributed by atoms with Crippen LogP contribution in [0.25, 0.3) is 0 Å². The molecule has 1 saturated heterocycles. The molecule has 1 aromatic rings. The molecule has 0 aliphatic carbocycles. The SMILES string of the molecule is CC(C)(C)OC(=O)NC1CCN(C(=O)CSCc2cccc(Cl)c2)CC1. The molecule has 0 bridgehead atoms. The van der Waals surface area contributed by atoms with Crippen LogP contribution in [0.3, 0.4) is 0 Å². The summed E-state index contributed by atoms with van der Waals surface area (Å²) in [5, 5.41) is 3.60. The minimum atomic E-state index is -0.499. The van der Waals surface area contributed by atoms with Crippen molar-refractivity contribution in [2.45, 2.75) is 51.0 Å². The fraction of sp³-hybridized carbons (Fsp3) is 0.579. The first-order chi connectivity index (χ1) is 12.2. The number of carbonyl (C=O) groups is 2. The van der Waals surface area contributed by atoms with E-state index in [0.717, 1.165) is 24.2 Å². The second-order valence-electron chi connectivity index (χ2n) is 7.42. The molecule has 7 heteroatoms. The van der Waals surface area contributed by atoms with Crippen LogP contribution in [-0.2, 0) is 15.3 Å². The smallest absolute Gasteiger partial charge is 0.407 e. The first-order valence-electron chi connectivity index (χ1n) is 8.82. The molecule has 1 heterocycles. The van der Waals surface area contributed by atoms with Crippen molar-refractivity contribution in [2.75, 3.05) is 18.8 Å². The van der Waals surface area contributed by atoms with Gasteiger partial charge in [0, 0.05) is 29.9 Å². The molecule has 0 radical (unpaired) electrons. The fourth-order valence-corrected chi connectivity index (χ4v) is 3.81. The molecule has 1 aliphatic rings. The number of nitrogens with one attached hydrogen (secondary N) is 1. The minimum absolute atomic E-state index is 0.0630. The van der Waals surface area contributed by atoms with Crippen molar-refractivity contribution in [2.24, 2.45) is 0 Å². The maximum absolute atomic E-state index is 12.3. The van der Waals surface area contributed by atoms with E-state index >= 15 is 0 Å². The van der Waals surface area contributed by atoms with Crippen molar-refractivity contribution in [1.82, 2.24) is 10.2 Å². The molecule has 1 fully saturated rings. The van der Waals surface area contributed by atoms with E-state index in [4.69, 9.17) is 16.3 Å². The molecule has 2 amide bonds. The van der Waals surface area contributed by atoms with Gasteiger partial charge in [0.25, 0.3) is 0 Å². The van der Waals surface area contributed by atoms with Crippen molar-refractivity contribution in [3.63, 3.8) is 0 Å². The van der Waals surface area contributed by atoms with Gasteiger partial charge in [0.2, 0.25) is 5.91 Å². The van der Waals surface area contributed by atoms with Crippen LogP contribution in [0.15, 0.2) is 24.3 Å². The third-order valence-electron chi connectivity index (χ3n) is 3.95. The molecule has 26 heavy (non-hydrogen) atoms. The number of halogens is 1. The summed E-state index contributed by atoms with van der Waals surface area (Å²) in [7, 11) is 0. The Labute approximate surface area is 164 Å². The summed E-state index contributed by atoms with van der Waals surface area (Å²) < 4.78 is 5.27. The molecule has 5 nitrogen and oxygen atoms in total. The van der Waals surface area contributed by atoms with Gasteiger partial charge in [-0.25, -0.2) is 4.79 Å². The number of hydrogen-bond acceptors (Lipinski definition) is 4. The molecule has 0 aromatic heterocycles. The molecule has 0 saturated carbocycles.